The minimum atomic E-state index is 0.0972. The Balaban J connectivity index is -0.000000146. The van der Waals surface area contributed by atoms with Gasteiger partial charge in [0.15, 0.2) is 0 Å². The maximum absolute atomic E-state index is 8.59. The first-order chi connectivity index (χ1) is 14.4. The van der Waals surface area contributed by atoms with Crippen LogP contribution in [-0.4, -0.2) is 0 Å². The second kappa shape index (κ2) is 22.2. The molecule has 176 valence electrons. The van der Waals surface area contributed by atoms with Gasteiger partial charge in [-0.25, -0.2) is 0 Å². The predicted molar refractivity (Wildman–Crippen MR) is 133 cm³/mol. The normalized spacial score (nSPS) is 18.0. The van der Waals surface area contributed by atoms with Crippen molar-refractivity contribution in [2.24, 2.45) is 16.2 Å². The average Bonchev–Trinajstić information content (AvgIpc) is 3.74. The molecule has 3 aliphatic rings. The van der Waals surface area contributed by atoms with Crippen LogP contribution < -0.4 is 0 Å². The second-order valence-corrected chi connectivity index (χ2v) is 7.41. The largest absolute Gasteiger partial charge is 0.198 e. The highest BCUT2D eigenvalue weighted by molar-refractivity contribution is 5.09. The van der Waals surface area contributed by atoms with E-state index < -0.39 is 0 Å². The van der Waals surface area contributed by atoms with E-state index in [4.69, 9.17) is 15.8 Å². The molecule has 0 aromatic carbocycles. The van der Waals surface area contributed by atoms with Crippen molar-refractivity contribution >= 4 is 0 Å². The number of hydrogen-bond donors (Lipinski definition) is 0. The van der Waals surface area contributed by atoms with E-state index in [0.29, 0.717) is 0 Å². The summed E-state index contributed by atoms with van der Waals surface area (Å²) in [5.74, 6) is 0. The van der Waals surface area contributed by atoms with Gasteiger partial charge in [0.2, 0.25) is 0 Å². The minimum Gasteiger partial charge on any atom is -0.198 e. The maximum atomic E-state index is 8.59. The van der Waals surface area contributed by atoms with Crippen molar-refractivity contribution in [2.45, 2.75) is 140 Å². The van der Waals surface area contributed by atoms with E-state index in [9.17, 15) is 0 Å². The highest BCUT2D eigenvalue weighted by Crippen LogP contribution is 2.48. The van der Waals surface area contributed by atoms with Gasteiger partial charge < -0.3 is 0 Å². The lowest BCUT2D eigenvalue weighted by atomic mass is 9.68. The highest BCUT2D eigenvalue weighted by Gasteiger charge is 2.41. The fourth-order valence-electron chi connectivity index (χ4n) is 2.49. The molecule has 0 radical (unpaired) electrons. The van der Waals surface area contributed by atoms with Crippen molar-refractivity contribution in [1.29, 1.82) is 15.8 Å². The summed E-state index contributed by atoms with van der Waals surface area (Å²) < 4.78 is 0. The van der Waals surface area contributed by atoms with Gasteiger partial charge in [0.1, 0.15) is 0 Å². The molecular weight excluding hydrogens is 366 g/mol. The Kier molecular flexibility index (Phi) is 26.5. The summed E-state index contributed by atoms with van der Waals surface area (Å²) in [5, 5.41) is 25.3. The van der Waals surface area contributed by atoms with Gasteiger partial charge in [-0.15, -0.1) is 0 Å². The van der Waals surface area contributed by atoms with Crippen molar-refractivity contribution in [3.63, 3.8) is 0 Å². The molecule has 3 heteroatoms. The third kappa shape index (κ3) is 16.3. The Morgan fingerprint density at radius 2 is 1.00 bits per heavy atom. The van der Waals surface area contributed by atoms with E-state index in [1.165, 1.54) is 6.42 Å². The summed E-state index contributed by atoms with van der Waals surface area (Å²) in [6.07, 6.45) is 11.4. The zero-order valence-electron chi connectivity index (χ0n) is 22.4. The quantitative estimate of drug-likeness (QED) is 0.457. The van der Waals surface area contributed by atoms with Gasteiger partial charge in [-0.2, -0.15) is 15.8 Å². The van der Waals surface area contributed by atoms with Gasteiger partial charge >= 0.3 is 0 Å². The smallest absolute Gasteiger partial charge is 0.0689 e. The summed E-state index contributed by atoms with van der Waals surface area (Å²) >= 11 is 0. The van der Waals surface area contributed by atoms with Crippen molar-refractivity contribution < 1.29 is 0 Å². The zero-order chi connectivity index (χ0) is 24.7. The summed E-state index contributed by atoms with van der Waals surface area (Å²) in [6, 6.07) is 6.93. The zero-order valence-corrected chi connectivity index (χ0v) is 22.4. The van der Waals surface area contributed by atoms with Gasteiger partial charge in [0.25, 0.3) is 0 Å². The molecule has 0 atom stereocenters. The molecule has 0 aliphatic heterocycles. The lowest BCUT2D eigenvalue weighted by Gasteiger charge is -2.33. The van der Waals surface area contributed by atoms with Crippen LogP contribution in [0.3, 0.4) is 0 Å². The standard InChI is InChI=1S/2C7H11N.C5H7N.4C2H6/c1-2-7(6-8)4-3-5-7;1-2-3-7(6-8)4-5-7;1-5(4-6)2-3-5;4*1-2/h2*2-5H2,1H3;2-3H2,1H3;4*1-2H3. The first kappa shape index (κ1) is 35.9. The molecular formula is C27H53N3. The molecule has 0 heterocycles. The molecule has 3 saturated carbocycles. The topological polar surface area (TPSA) is 71.4 Å². The van der Waals surface area contributed by atoms with Crippen LogP contribution >= 0.6 is 0 Å². The van der Waals surface area contributed by atoms with Crippen LogP contribution in [0.4, 0.5) is 0 Å². The lowest BCUT2D eigenvalue weighted by Crippen LogP contribution is -2.25. The SMILES string of the molecule is CC.CC.CC.CC.CC1(C#N)CC1.CCC1(C#N)CCC1.CCCC1(C#N)CC1. The third-order valence-electron chi connectivity index (χ3n) is 5.31. The molecule has 30 heavy (non-hydrogen) atoms. The van der Waals surface area contributed by atoms with Gasteiger partial charge in [0, 0.05) is 0 Å². The molecule has 3 fully saturated rings. The highest BCUT2D eigenvalue weighted by atomic mass is 14.5. The Labute approximate surface area is 190 Å². The molecule has 0 saturated heterocycles. The van der Waals surface area contributed by atoms with Crippen LogP contribution in [0, 0.1) is 50.2 Å². The van der Waals surface area contributed by atoms with Crippen molar-refractivity contribution in [3.05, 3.63) is 0 Å². The third-order valence-corrected chi connectivity index (χ3v) is 5.31. The molecule has 0 amide bonds. The Morgan fingerprint density at radius 1 is 0.600 bits per heavy atom. The monoisotopic (exact) mass is 419 g/mol. The van der Waals surface area contributed by atoms with Crippen LogP contribution in [0.2, 0.25) is 0 Å². The van der Waals surface area contributed by atoms with E-state index in [1.54, 1.807) is 0 Å². The fourth-order valence-corrected chi connectivity index (χ4v) is 2.49. The maximum Gasteiger partial charge on any atom is 0.0689 e. The van der Waals surface area contributed by atoms with E-state index in [-0.39, 0.29) is 16.2 Å². The van der Waals surface area contributed by atoms with Crippen LogP contribution in [0.15, 0.2) is 0 Å². The molecule has 0 spiro atoms. The van der Waals surface area contributed by atoms with Crippen LogP contribution in [-0.2, 0) is 0 Å². The van der Waals surface area contributed by atoms with Crippen molar-refractivity contribution in [2.75, 3.05) is 0 Å². The molecule has 0 aromatic heterocycles. The molecule has 0 N–H and O–H groups in total. The summed E-state index contributed by atoms with van der Waals surface area (Å²) in [6.45, 7) is 22.2. The molecule has 0 unspecified atom stereocenters. The molecule has 3 aliphatic carbocycles. The lowest BCUT2D eigenvalue weighted by molar-refractivity contribution is 0.207. The van der Waals surface area contributed by atoms with E-state index in [0.717, 1.165) is 57.8 Å². The Hall–Kier alpha value is -1.53. The van der Waals surface area contributed by atoms with Gasteiger partial charge in [-0.3, -0.25) is 0 Å². The fraction of sp³-hybridized carbons (Fsp3) is 0.889. The van der Waals surface area contributed by atoms with Crippen molar-refractivity contribution in [3.8, 4) is 18.2 Å². The molecule has 3 rings (SSSR count). The Morgan fingerprint density at radius 3 is 1.03 bits per heavy atom. The average molecular weight is 420 g/mol. The number of rotatable bonds is 3. The van der Waals surface area contributed by atoms with E-state index in [1.807, 2.05) is 62.3 Å². The first-order valence-electron chi connectivity index (χ1n) is 12.7. The van der Waals surface area contributed by atoms with Crippen molar-refractivity contribution in [1.82, 2.24) is 0 Å². The number of nitrogens with zero attached hydrogens (tertiary/aromatic N) is 3. The molecule has 0 aromatic rings. The number of hydrogen-bond acceptors (Lipinski definition) is 3. The van der Waals surface area contributed by atoms with Gasteiger partial charge in [-0.1, -0.05) is 82.1 Å². The van der Waals surface area contributed by atoms with Gasteiger partial charge in [0.05, 0.1) is 34.5 Å². The van der Waals surface area contributed by atoms with Crippen LogP contribution in [0.25, 0.3) is 0 Å². The van der Waals surface area contributed by atoms with Gasteiger partial charge in [-0.05, 0) is 58.3 Å². The second-order valence-electron chi connectivity index (χ2n) is 7.41. The number of nitriles is 3. The first-order valence-corrected chi connectivity index (χ1v) is 12.7. The predicted octanol–water partition coefficient (Wildman–Crippen LogP) is 9.60. The summed E-state index contributed by atoms with van der Waals surface area (Å²) in [4.78, 5) is 0. The summed E-state index contributed by atoms with van der Waals surface area (Å²) in [7, 11) is 0. The molecule has 0 bridgehead atoms. The molecule has 3 nitrogen and oxygen atoms in total. The summed E-state index contributed by atoms with van der Waals surface area (Å²) in [5.41, 5.74) is 0.356. The van der Waals surface area contributed by atoms with E-state index in [2.05, 4.69) is 32.1 Å². The minimum absolute atomic E-state index is 0.0972. The van der Waals surface area contributed by atoms with Crippen LogP contribution in [0.5, 0.6) is 0 Å². The van der Waals surface area contributed by atoms with Crippen LogP contribution in [0.1, 0.15) is 140 Å². The van der Waals surface area contributed by atoms with E-state index >= 15 is 0 Å². The Bertz CT molecular complexity index is 470.